The number of carbonyl (C=O) groups excluding carboxylic acids is 1. The fraction of sp³-hybridized carbons (Fsp3) is 0.917. The van der Waals surface area contributed by atoms with E-state index in [1.807, 2.05) is 0 Å². The Morgan fingerprint density at radius 3 is 2.53 bits per heavy atom. The van der Waals surface area contributed by atoms with E-state index in [-0.39, 0.29) is 12.6 Å². The van der Waals surface area contributed by atoms with Crippen LogP contribution in [0, 0.1) is 0 Å². The van der Waals surface area contributed by atoms with Gasteiger partial charge in [-0.05, 0) is 26.8 Å². The number of methoxy groups -OCH3 is 1. The monoisotopic (exact) mass is 247 g/mol. The molecule has 0 aliphatic carbocycles. The van der Waals surface area contributed by atoms with Gasteiger partial charge < -0.3 is 14.6 Å². The van der Waals surface area contributed by atoms with Gasteiger partial charge in [0.05, 0.1) is 26.9 Å². The van der Waals surface area contributed by atoms with E-state index in [4.69, 9.17) is 9.84 Å². The highest BCUT2D eigenvalue weighted by Crippen LogP contribution is 2.02. The van der Waals surface area contributed by atoms with Crippen LogP contribution in [0.1, 0.15) is 26.7 Å². The summed E-state index contributed by atoms with van der Waals surface area (Å²) in [4.78, 5) is 13.2. The van der Waals surface area contributed by atoms with Gasteiger partial charge in [0.2, 0.25) is 0 Å². The van der Waals surface area contributed by atoms with Crippen LogP contribution in [-0.2, 0) is 14.3 Å². The molecule has 0 aromatic heterocycles. The van der Waals surface area contributed by atoms with Gasteiger partial charge in [0.15, 0.2) is 0 Å². The summed E-state index contributed by atoms with van der Waals surface area (Å²) in [5, 5.41) is 8.58. The van der Waals surface area contributed by atoms with Crippen LogP contribution in [-0.4, -0.2) is 62.0 Å². The van der Waals surface area contributed by atoms with Crippen molar-refractivity contribution in [2.75, 3.05) is 40.0 Å². The quantitative estimate of drug-likeness (QED) is 0.454. The van der Waals surface area contributed by atoms with Crippen LogP contribution in [0.15, 0.2) is 0 Å². The molecule has 0 aromatic rings. The zero-order valence-electron chi connectivity index (χ0n) is 11.1. The first-order chi connectivity index (χ1) is 8.11. The molecule has 0 atom stereocenters. The van der Waals surface area contributed by atoms with Crippen LogP contribution in [0.25, 0.3) is 0 Å². The molecule has 0 aromatic carbocycles. The Labute approximate surface area is 104 Å². The summed E-state index contributed by atoms with van der Waals surface area (Å²) >= 11 is 0. The van der Waals surface area contributed by atoms with Crippen molar-refractivity contribution < 1.29 is 19.4 Å². The lowest BCUT2D eigenvalue weighted by atomic mass is 10.2. The van der Waals surface area contributed by atoms with Gasteiger partial charge in [0.25, 0.3) is 0 Å². The van der Waals surface area contributed by atoms with Gasteiger partial charge in [-0.3, -0.25) is 9.69 Å². The van der Waals surface area contributed by atoms with Crippen LogP contribution in [0.5, 0.6) is 0 Å². The maximum absolute atomic E-state index is 11.0. The van der Waals surface area contributed by atoms with Gasteiger partial charge in [0.1, 0.15) is 0 Å². The fourth-order valence-electron chi connectivity index (χ4n) is 1.51. The number of nitrogens with zero attached hydrogens (tertiary/aromatic N) is 1. The molecule has 0 saturated carbocycles. The topological polar surface area (TPSA) is 59.0 Å². The van der Waals surface area contributed by atoms with Crippen LogP contribution < -0.4 is 0 Å². The number of hydrogen-bond acceptors (Lipinski definition) is 5. The molecule has 0 unspecified atom stereocenters. The third-order valence-electron chi connectivity index (χ3n) is 2.54. The molecule has 0 saturated heterocycles. The molecule has 0 aliphatic rings. The second-order valence-corrected chi connectivity index (χ2v) is 4.15. The number of aliphatic hydroxyl groups is 1. The van der Waals surface area contributed by atoms with Crippen LogP contribution in [0.3, 0.4) is 0 Å². The van der Waals surface area contributed by atoms with Crippen molar-refractivity contribution in [1.82, 2.24) is 4.90 Å². The Morgan fingerprint density at radius 1 is 1.29 bits per heavy atom. The second-order valence-electron chi connectivity index (χ2n) is 4.15. The number of rotatable bonds is 10. The molecular weight excluding hydrogens is 222 g/mol. The highest BCUT2D eigenvalue weighted by atomic mass is 16.5. The fourth-order valence-corrected chi connectivity index (χ4v) is 1.51. The largest absolute Gasteiger partial charge is 0.469 e. The molecule has 0 aliphatic heterocycles. The first kappa shape index (κ1) is 16.4. The van der Waals surface area contributed by atoms with Gasteiger partial charge in [0, 0.05) is 19.0 Å². The first-order valence-corrected chi connectivity index (χ1v) is 6.11. The van der Waals surface area contributed by atoms with E-state index in [0.29, 0.717) is 25.7 Å². The molecule has 17 heavy (non-hydrogen) atoms. The number of aliphatic hydroxyl groups excluding tert-OH is 1. The highest BCUT2D eigenvalue weighted by Gasteiger charge is 2.10. The van der Waals surface area contributed by atoms with E-state index in [0.717, 1.165) is 19.5 Å². The minimum Gasteiger partial charge on any atom is -0.469 e. The summed E-state index contributed by atoms with van der Waals surface area (Å²) in [6, 6.07) is 0.422. The number of hydrogen-bond donors (Lipinski definition) is 1. The van der Waals surface area contributed by atoms with E-state index < -0.39 is 0 Å². The third-order valence-corrected chi connectivity index (χ3v) is 2.54. The van der Waals surface area contributed by atoms with E-state index in [1.165, 1.54) is 7.11 Å². The van der Waals surface area contributed by atoms with E-state index in [1.54, 1.807) is 0 Å². The SMILES string of the molecule is COC(=O)CCCN(CCOCCO)C(C)C. The molecule has 5 nitrogen and oxygen atoms in total. The third kappa shape index (κ3) is 9.09. The van der Waals surface area contributed by atoms with Crippen molar-refractivity contribution in [3.05, 3.63) is 0 Å². The van der Waals surface area contributed by atoms with Crippen molar-refractivity contribution in [3.8, 4) is 0 Å². The molecule has 1 N–H and O–H groups in total. The maximum atomic E-state index is 11.0. The van der Waals surface area contributed by atoms with E-state index in [9.17, 15) is 4.79 Å². The average molecular weight is 247 g/mol. The molecule has 0 spiro atoms. The predicted molar refractivity (Wildman–Crippen MR) is 65.9 cm³/mol. The summed E-state index contributed by atoms with van der Waals surface area (Å²) in [5.41, 5.74) is 0. The van der Waals surface area contributed by atoms with Crippen molar-refractivity contribution in [3.63, 3.8) is 0 Å². The lowest BCUT2D eigenvalue weighted by Crippen LogP contribution is -2.35. The Balaban J connectivity index is 3.71. The molecule has 0 amide bonds. The van der Waals surface area contributed by atoms with Crippen LogP contribution in [0.2, 0.25) is 0 Å². The summed E-state index contributed by atoms with van der Waals surface area (Å²) < 4.78 is 9.82. The maximum Gasteiger partial charge on any atom is 0.305 e. The molecule has 0 bridgehead atoms. The molecule has 0 fully saturated rings. The molecule has 0 radical (unpaired) electrons. The number of ether oxygens (including phenoxy) is 2. The Hall–Kier alpha value is -0.650. The zero-order valence-corrected chi connectivity index (χ0v) is 11.1. The molecule has 102 valence electrons. The van der Waals surface area contributed by atoms with Crippen LogP contribution >= 0.6 is 0 Å². The van der Waals surface area contributed by atoms with Crippen molar-refractivity contribution in [2.24, 2.45) is 0 Å². The Bertz CT molecular complexity index is 197. The number of esters is 1. The van der Waals surface area contributed by atoms with Crippen LogP contribution in [0.4, 0.5) is 0 Å². The van der Waals surface area contributed by atoms with E-state index >= 15 is 0 Å². The van der Waals surface area contributed by atoms with Gasteiger partial charge in [-0.25, -0.2) is 0 Å². The predicted octanol–water partition coefficient (Wildman–Crippen LogP) is 0.659. The van der Waals surface area contributed by atoms with Gasteiger partial charge >= 0.3 is 5.97 Å². The van der Waals surface area contributed by atoms with E-state index in [2.05, 4.69) is 23.5 Å². The molecule has 5 heteroatoms. The second kappa shape index (κ2) is 10.5. The summed E-state index contributed by atoms with van der Waals surface area (Å²) in [5.74, 6) is -0.162. The van der Waals surface area contributed by atoms with Gasteiger partial charge in [-0.15, -0.1) is 0 Å². The molecule has 0 heterocycles. The molecular formula is C12H25NO4. The minimum absolute atomic E-state index is 0.0595. The van der Waals surface area contributed by atoms with Gasteiger partial charge in [-0.1, -0.05) is 0 Å². The minimum atomic E-state index is -0.162. The smallest absolute Gasteiger partial charge is 0.305 e. The summed E-state index contributed by atoms with van der Waals surface area (Å²) in [6.45, 7) is 6.96. The number of carbonyl (C=O) groups is 1. The zero-order chi connectivity index (χ0) is 13.1. The first-order valence-electron chi connectivity index (χ1n) is 6.11. The highest BCUT2D eigenvalue weighted by molar-refractivity contribution is 5.69. The molecule has 0 rings (SSSR count). The van der Waals surface area contributed by atoms with Crippen molar-refractivity contribution >= 4 is 5.97 Å². The normalized spacial score (nSPS) is 11.2. The summed E-state index contributed by atoms with van der Waals surface area (Å²) in [7, 11) is 1.41. The van der Waals surface area contributed by atoms with Crippen molar-refractivity contribution in [2.45, 2.75) is 32.7 Å². The Morgan fingerprint density at radius 2 is 2.00 bits per heavy atom. The lowest BCUT2D eigenvalue weighted by molar-refractivity contribution is -0.140. The Kier molecular flexibility index (Phi) is 10.1. The average Bonchev–Trinajstić information content (AvgIpc) is 2.31. The standard InChI is InChI=1S/C12H25NO4/c1-11(2)13(7-9-17-10-8-14)6-4-5-12(15)16-3/h11,14H,4-10H2,1-3H3. The van der Waals surface area contributed by atoms with Crippen molar-refractivity contribution in [1.29, 1.82) is 0 Å². The lowest BCUT2D eigenvalue weighted by Gasteiger charge is -2.26. The summed E-state index contributed by atoms with van der Waals surface area (Å²) in [6.07, 6.45) is 1.25. The van der Waals surface area contributed by atoms with Gasteiger partial charge in [-0.2, -0.15) is 0 Å².